The number of hydrogen-bond donors (Lipinski definition) is 2. The van der Waals surface area contributed by atoms with Crippen molar-refractivity contribution in [2.24, 2.45) is 11.0 Å². The topological polar surface area (TPSA) is 173 Å². The van der Waals surface area contributed by atoms with Crippen molar-refractivity contribution in [3.8, 4) is 6.07 Å². The largest absolute Gasteiger partial charge is 0.465 e. The molecule has 0 unspecified atom stereocenters. The molecular weight excluding hydrogens is 560 g/mol. The van der Waals surface area contributed by atoms with Crippen molar-refractivity contribution in [1.82, 2.24) is 19.4 Å². The number of alkyl halides is 2. The number of fused-ring (bicyclic) bond motifs is 1. The minimum Gasteiger partial charge on any atom is -0.465 e. The number of carbonyl (C=O) groups is 1. The third-order valence-electron chi connectivity index (χ3n) is 8.36. The predicted molar refractivity (Wildman–Crippen MR) is 154 cm³/mol. The zero-order valence-electron chi connectivity index (χ0n) is 23.4. The van der Waals surface area contributed by atoms with Gasteiger partial charge in [0, 0.05) is 54.7 Å². The molecule has 0 spiro atoms. The summed E-state index contributed by atoms with van der Waals surface area (Å²) in [5.74, 6) is -3.57. The van der Waals surface area contributed by atoms with E-state index in [9.17, 15) is 14.9 Å². The van der Waals surface area contributed by atoms with E-state index in [1.165, 1.54) is 27.9 Å². The molecule has 1 aromatic carbocycles. The third kappa shape index (κ3) is 6.08. The van der Waals surface area contributed by atoms with Gasteiger partial charge in [0.25, 0.3) is 11.5 Å². The molecule has 0 radical (unpaired) electrons. The van der Waals surface area contributed by atoms with Gasteiger partial charge in [-0.05, 0) is 61.8 Å². The molecule has 0 bridgehead atoms. The van der Waals surface area contributed by atoms with Crippen molar-refractivity contribution < 1.29 is 18.7 Å². The zero-order valence-corrected chi connectivity index (χ0v) is 23.4. The van der Waals surface area contributed by atoms with E-state index >= 15 is 8.78 Å². The van der Waals surface area contributed by atoms with Crippen LogP contribution >= 0.6 is 0 Å². The summed E-state index contributed by atoms with van der Waals surface area (Å²) in [6.45, 7) is 0.979. The molecule has 1 amide bonds. The molecular formula is C29H31F2N9O3. The number of hydrogen-bond acceptors (Lipinski definition) is 7. The first-order valence-electron chi connectivity index (χ1n) is 14.2. The van der Waals surface area contributed by atoms with Crippen LogP contribution in [-0.4, -0.2) is 56.8 Å². The van der Waals surface area contributed by atoms with Gasteiger partial charge in [-0.15, -0.1) is 0 Å². The lowest BCUT2D eigenvalue weighted by molar-refractivity contribution is -0.0836. The standard InChI is InChI=1S/C29H31F2N9O3/c30-29(31,20-6-13-39(14-7-20)27(42)43)21-4-1-3-19(15-21)5-11-34-24-22-16-23(28(17-32)8-9-28)26(41)40(12-2-10-37-38-33)25(22)36-18-35-24/h1,3-4,15-16,18,20H,2,5-14H2,(H,42,43)(H,34,35,36). The highest BCUT2D eigenvalue weighted by Gasteiger charge is 2.47. The van der Waals surface area contributed by atoms with Gasteiger partial charge in [0.2, 0.25) is 0 Å². The fourth-order valence-electron chi connectivity index (χ4n) is 5.71. The number of nitrogens with zero attached hydrogens (tertiary/aromatic N) is 8. The van der Waals surface area contributed by atoms with Crippen molar-refractivity contribution in [3.63, 3.8) is 0 Å². The van der Waals surface area contributed by atoms with Gasteiger partial charge in [0.1, 0.15) is 17.8 Å². The summed E-state index contributed by atoms with van der Waals surface area (Å²) >= 11 is 0. The molecule has 1 aliphatic heterocycles. The quantitative estimate of drug-likeness (QED) is 0.134. The first-order valence-corrected chi connectivity index (χ1v) is 14.2. The fraction of sp³-hybridized carbons (Fsp3) is 0.483. The molecule has 5 rings (SSSR count). The van der Waals surface area contributed by atoms with E-state index in [0.29, 0.717) is 60.2 Å². The van der Waals surface area contributed by atoms with Crippen LogP contribution in [0.15, 0.2) is 46.6 Å². The van der Waals surface area contributed by atoms with Crippen molar-refractivity contribution in [3.05, 3.63) is 74.1 Å². The lowest BCUT2D eigenvalue weighted by Gasteiger charge is -2.34. The van der Waals surface area contributed by atoms with Gasteiger partial charge in [0.15, 0.2) is 0 Å². The first kappa shape index (κ1) is 29.7. The van der Waals surface area contributed by atoms with Gasteiger partial charge in [-0.1, -0.05) is 23.3 Å². The highest BCUT2D eigenvalue weighted by molar-refractivity contribution is 5.87. The van der Waals surface area contributed by atoms with Crippen LogP contribution < -0.4 is 10.9 Å². The van der Waals surface area contributed by atoms with E-state index in [1.807, 2.05) is 0 Å². The second-order valence-electron chi connectivity index (χ2n) is 11.0. The Hall–Kier alpha value is -4.76. The zero-order chi connectivity index (χ0) is 30.6. The number of benzene rings is 1. The summed E-state index contributed by atoms with van der Waals surface area (Å²) in [5, 5.41) is 26.3. The maximum absolute atomic E-state index is 15.4. The highest BCUT2D eigenvalue weighted by atomic mass is 19.3. The molecule has 2 aliphatic rings. The number of pyridine rings is 1. The van der Waals surface area contributed by atoms with Crippen molar-refractivity contribution in [2.75, 3.05) is 31.5 Å². The van der Waals surface area contributed by atoms with Gasteiger partial charge in [-0.25, -0.2) is 23.5 Å². The van der Waals surface area contributed by atoms with Gasteiger partial charge >= 0.3 is 6.09 Å². The van der Waals surface area contributed by atoms with Crippen molar-refractivity contribution in [1.29, 1.82) is 5.26 Å². The molecule has 2 N–H and O–H groups in total. The molecule has 1 saturated heterocycles. The van der Waals surface area contributed by atoms with E-state index in [2.05, 4.69) is 31.4 Å². The van der Waals surface area contributed by atoms with E-state index in [-0.39, 0.29) is 50.1 Å². The maximum Gasteiger partial charge on any atom is 0.407 e. The number of rotatable bonds is 11. The van der Waals surface area contributed by atoms with Crippen LogP contribution in [0.4, 0.5) is 19.4 Å². The Balaban J connectivity index is 1.34. The lowest BCUT2D eigenvalue weighted by Crippen LogP contribution is -2.41. The minimum absolute atomic E-state index is 0.0882. The smallest absolute Gasteiger partial charge is 0.407 e. The summed E-state index contributed by atoms with van der Waals surface area (Å²) < 4.78 is 32.3. The predicted octanol–water partition coefficient (Wildman–Crippen LogP) is 5.18. The van der Waals surface area contributed by atoms with Gasteiger partial charge in [0.05, 0.1) is 16.9 Å². The van der Waals surface area contributed by atoms with Crippen molar-refractivity contribution >= 4 is 22.9 Å². The van der Waals surface area contributed by atoms with Crippen LogP contribution in [0.1, 0.15) is 48.8 Å². The molecule has 3 heterocycles. The first-order chi connectivity index (χ1) is 20.7. The molecule has 2 fully saturated rings. The summed E-state index contributed by atoms with van der Waals surface area (Å²) in [6.07, 6.45) is 2.42. The molecule has 43 heavy (non-hydrogen) atoms. The van der Waals surface area contributed by atoms with Crippen LogP contribution in [0.2, 0.25) is 0 Å². The Kier molecular flexibility index (Phi) is 8.45. The number of aryl methyl sites for hydroxylation is 1. The van der Waals surface area contributed by atoms with Crippen molar-refractivity contribution in [2.45, 2.75) is 56.4 Å². The molecule has 3 aromatic rings. The Morgan fingerprint density at radius 2 is 2.05 bits per heavy atom. The summed E-state index contributed by atoms with van der Waals surface area (Å²) in [5.41, 5.74) is 8.82. The number of likely N-dealkylation sites (tertiary alicyclic amines) is 1. The SMILES string of the molecule is N#CC1(c2cc3c(NCCc4cccc(C(F)(F)C5CCN(C(=O)O)CC5)c4)ncnc3n(CCCN=[N+]=[N-])c2=O)CC1. The van der Waals surface area contributed by atoms with Gasteiger partial charge in [-0.2, -0.15) is 5.26 Å². The van der Waals surface area contributed by atoms with Crippen LogP contribution in [0.25, 0.3) is 21.5 Å². The van der Waals surface area contributed by atoms with Crippen LogP contribution in [-0.2, 0) is 24.3 Å². The number of anilines is 1. The fourth-order valence-corrected chi connectivity index (χ4v) is 5.71. The Morgan fingerprint density at radius 3 is 2.72 bits per heavy atom. The molecule has 14 heteroatoms. The highest BCUT2D eigenvalue weighted by Crippen LogP contribution is 2.47. The van der Waals surface area contributed by atoms with E-state index < -0.39 is 23.3 Å². The molecule has 224 valence electrons. The maximum atomic E-state index is 15.4. The van der Waals surface area contributed by atoms with E-state index in [1.54, 1.807) is 18.2 Å². The lowest BCUT2D eigenvalue weighted by atomic mass is 9.86. The number of aromatic nitrogens is 3. The molecule has 2 aromatic heterocycles. The van der Waals surface area contributed by atoms with Crippen LogP contribution in [0.3, 0.4) is 0 Å². The Labute approximate surface area is 245 Å². The number of amides is 1. The normalized spacial score (nSPS) is 16.3. The van der Waals surface area contributed by atoms with Crippen LogP contribution in [0, 0.1) is 17.2 Å². The number of azide groups is 1. The number of halogens is 2. The molecule has 0 atom stereocenters. The van der Waals surface area contributed by atoms with Crippen LogP contribution in [0.5, 0.6) is 0 Å². The second-order valence-corrected chi connectivity index (χ2v) is 11.0. The van der Waals surface area contributed by atoms with Gasteiger partial charge in [-0.3, -0.25) is 9.36 Å². The molecule has 1 saturated carbocycles. The number of nitrogens with one attached hydrogen (secondary N) is 1. The van der Waals surface area contributed by atoms with E-state index in [0.717, 1.165) is 0 Å². The Bertz CT molecular complexity index is 1670. The Morgan fingerprint density at radius 1 is 1.28 bits per heavy atom. The number of nitriles is 1. The summed E-state index contributed by atoms with van der Waals surface area (Å²) in [6, 6.07) is 10.2. The summed E-state index contributed by atoms with van der Waals surface area (Å²) in [7, 11) is 0. The summed E-state index contributed by atoms with van der Waals surface area (Å²) in [4.78, 5) is 37.2. The third-order valence-corrected chi connectivity index (χ3v) is 8.36. The average molecular weight is 592 g/mol. The second kappa shape index (κ2) is 12.2. The number of carboxylic acid groups (broad SMARTS) is 1. The minimum atomic E-state index is -3.09. The molecule has 1 aliphatic carbocycles. The van der Waals surface area contributed by atoms with E-state index in [4.69, 9.17) is 10.6 Å². The average Bonchev–Trinajstić information content (AvgIpc) is 3.81. The molecule has 12 nitrogen and oxygen atoms in total. The monoisotopic (exact) mass is 591 g/mol. The van der Waals surface area contributed by atoms with Gasteiger partial charge < -0.3 is 15.3 Å². The number of piperidine rings is 1.